The van der Waals surface area contributed by atoms with Crippen LogP contribution < -0.4 is 10.1 Å². The Bertz CT molecular complexity index is 634. The Morgan fingerprint density at radius 1 is 1.40 bits per heavy atom. The maximum Gasteiger partial charge on any atom is 0.252 e. The Morgan fingerprint density at radius 2 is 2.20 bits per heavy atom. The van der Waals surface area contributed by atoms with Crippen LogP contribution in [0.15, 0.2) is 41.0 Å². The number of nitrogens with zero attached hydrogens (tertiary/aromatic N) is 1. The lowest BCUT2D eigenvalue weighted by atomic mass is 10.2. The third kappa shape index (κ3) is 3.54. The largest absolute Gasteiger partial charge is 0.481 e. The zero-order chi connectivity index (χ0) is 14.5. The van der Waals surface area contributed by atoms with Gasteiger partial charge in [0.1, 0.15) is 5.82 Å². The van der Waals surface area contributed by atoms with Crippen molar-refractivity contribution in [3.05, 3.63) is 57.9 Å². The lowest BCUT2D eigenvalue weighted by Gasteiger charge is -2.08. The molecule has 2 rings (SSSR count). The van der Waals surface area contributed by atoms with Gasteiger partial charge in [0.25, 0.3) is 5.91 Å². The molecule has 20 heavy (non-hydrogen) atoms. The highest BCUT2D eigenvalue weighted by Gasteiger charge is 2.11. The summed E-state index contributed by atoms with van der Waals surface area (Å²) in [6.45, 7) is 0.306. The number of ether oxygens (including phenoxy) is 1. The number of hydrogen-bond donors (Lipinski definition) is 1. The minimum atomic E-state index is -0.455. The molecule has 0 aliphatic rings. The predicted molar refractivity (Wildman–Crippen MR) is 76.1 cm³/mol. The Kier molecular flexibility index (Phi) is 4.68. The summed E-state index contributed by atoms with van der Waals surface area (Å²) in [5.74, 6) is -0.334. The monoisotopic (exact) mass is 338 g/mol. The van der Waals surface area contributed by atoms with Gasteiger partial charge in [-0.2, -0.15) is 0 Å². The summed E-state index contributed by atoms with van der Waals surface area (Å²) in [6, 6.07) is 7.46. The van der Waals surface area contributed by atoms with E-state index in [-0.39, 0.29) is 11.5 Å². The molecule has 1 N–H and O–H groups in total. The molecule has 0 saturated heterocycles. The van der Waals surface area contributed by atoms with Gasteiger partial charge in [0.05, 0.1) is 12.7 Å². The molecule has 1 aromatic heterocycles. The van der Waals surface area contributed by atoms with Crippen molar-refractivity contribution >= 4 is 21.8 Å². The molecule has 1 heterocycles. The molecule has 0 aliphatic heterocycles. The Morgan fingerprint density at radius 3 is 2.95 bits per heavy atom. The van der Waals surface area contributed by atoms with Crippen LogP contribution >= 0.6 is 15.9 Å². The van der Waals surface area contributed by atoms with Gasteiger partial charge >= 0.3 is 0 Å². The zero-order valence-corrected chi connectivity index (χ0v) is 12.3. The SMILES string of the molecule is COc1cc(CNC(=O)c2cc(F)ccc2Br)ccn1. The Labute approximate surface area is 124 Å². The van der Waals surface area contributed by atoms with Crippen molar-refractivity contribution in [3.63, 3.8) is 0 Å². The van der Waals surface area contributed by atoms with Crippen molar-refractivity contribution in [2.24, 2.45) is 0 Å². The van der Waals surface area contributed by atoms with E-state index in [1.165, 1.54) is 25.3 Å². The Hall–Kier alpha value is -1.95. The van der Waals surface area contributed by atoms with Gasteiger partial charge in [-0.1, -0.05) is 0 Å². The number of aromatic nitrogens is 1. The van der Waals surface area contributed by atoms with Crippen molar-refractivity contribution in [1.82, 2.24) is 10.3 Å². The van der Waals surface area contributed by atoms with E-state index < -0.39 is 5.82 Å². The molecule has 0 radical (unpaired) electrons. The Balaban J connectivity index is 2.06. The summed E-state index contributed by atoms with van der Waals surface area (Å²) in [7, 11) is 1.52. The van der Waals surface area contributed by atoms with Crippen LogP contribution in [0.5, 0.6) is 5.88 Å². The molecule has 2 aromatic rings. The molecule has 104 valence electrons. The number of amides is 1. The molecular weight excluding hydrogens is 327 g/mol. The number of halogens is 2. The topological polar surface area (TPSA) is 51.2 Å². The molecule has 0 unspecified atom stereocenters. The molecular formula is C14H12BrFN2O2. The van der Waals surface area contributed by atoms with Gasteiger partial charge < -0.3 is 10.1 Å². The fraction of sp³-hybridized carbons (Fsp3) is 0.143. The summed E-state index contributed by atoms with van der Waals surface area (Å²) in [5, 5.41) is 2.72. The fourth-order valence-electron chi connectivity index (χ4n) is 1.62. The lowest BCUT2D eigenvalue weighted by molar-refractivity contribution is 0.0949. The minimum absolute atomic E-state index is 0.256. The number of pyridine rings is 1. The zero-order valence-electron chi connectivity index (χ0n) is 10.7. The number of carbonyl (C=O) groups is 1. The van der Waals surface area contributed by atoms with E-state index in [0.717, 1.165) is 5.56 Å². The summed E-state index contributed by atoms with van der Waals surface area (Å²) >= 11 is 3.22. The average Bonchev–Trinajstić information content (AvgIpc) is 2.47. The maximum absolute atomic E-state index is 13.1. The number of carbonyl (C=O) groups excluding carboxylic acids is 1. The fourth-order valence-corrected chi connectivity index (χ4v) is 2.05. The number of benzene rings is 1. The molecule has 6 heteroatoms. The van der Waals surface area contributed by atoms with Gasteiger partial charge in [0.15, 0.2) is 0 Å². The minimum Gasteiger partial charge on any atom is -0.481 e. The molecule has 0 spiro atoms. The molecule has 1 aromatic carbocycles. The van der Waals surface area contributed by atoms with Gasteiger partial charge in [0, 0.05) is 23.3 Å². The van der Waals surface area contributed by atoms with Gasteiger partial charge in [-0.15, -0.1) is 0 Å². The van der Waals surface area contributed by atoms with Crippen molar-refractivity contribution in [1.29, 1.82) is 0 Å². The second kappa shape index (κ2) is 6.47. The molecule has 1 amide bonds. The number of hydrogen-bond acceptors (Lipinski definition) is 3. The van der Waals surface area contributed by atoms with Crippen LogP contribution in [-0.4, -0.2) is 18.0 Å². The van der Waals surface area contributed by atoms with Gasteiger partial charge in [0.2, 0.25) is 5.88 Å². The summed E-state index contributed by atoms with van der Waals surface area (Å²) in [5.41, 5.74) is 1.10. The first kappa shape index (κ1) is 14.5. The predicted octanol–water partition coefficient (Wildman–Crippen LogP) is 2.92. The highest BCUT2D eigenvalue weighted by atomic mass is 79.9. The van der Waals surface area contributed by atoms with E-state index in [0.29, 0.717) is 16.9 Å². The highest BCUT2D eigenvalue weighted by Crippen LogP contribution is 2.18. The average molecular weight is 339 g/mol. The first-order chi connectivity index (χ1) is 9.60. The molecule has 0 aliphatic carbocycles. The van der Waals surface area contributed by atoms with Gasteiger partial charge in [-0.3, -0.25) is 4.79 Å². The molecule has 0 saturated carbocycles. The number of methoxy groups -OCH3 is 1. The van der Waals surface area contributed by atoms with E-state index in [9.17, 15) is 9.18 Å². The summed E-state index contributed by atoms with van der Waals surface area (Å²) in [4.78, 5) is 16.0. The summed E-state index contributed by atoms with van der Waals surface area (Å²) < 4.78 is 18.7. The molecule has 0 atom stereocenters. The van der Waals surface area contributed by atoms with Crippen molar-refractivity contribution in [2.75, 3.05) is 7.11 Å². The third-order valence-electron chi connectivity index (χ3n) is 2.63. The molecule has 4 nitrogen and oxygen atoms in total. The highest BCUT2D eigenvalue weighted by molar-refractivity contribution is 9.10. The van der Waals surface area contributed by atoms with E-state index in [2.05, 4.69) is 26.2 Å². The van der Waals surface area contributed by atoms with Crippen LogP contribution in [0.3, 0.4) is 0 Å². The van der Waals surface area contributed by atoms with E-state index in [1.54, 1.807) is 18.3 Å². The second-order valence-corrected chi connectivity index (χ2v) is 4.87. The standard InChI is InChI=1S/C14H12BrFN2O2/c1-20-13-6-9(4-5-17-13)8-18-14(19)11-7-10(16)2-3-12(11)15/h2-7H,8H2,1H3,(H,18,19). The first-order valence-corrected chi connectivity index (χ1v) is 6.61. The second-order valence-electron chi connectivity index (χ2n) is 4.01. The van der Waals surface area contributed by atoms with Gasteiger partial charge in [-0.05, 0) is 45.8 Å². The van der Waals surface area contributed by atoms with Crippen molar-refractivity contribution in [3.8, 4) is 5.88 Å². The van der Waals surface area contributed by atoms with Crippen LogP contribution in [0.2, 0.25) is 0 Å². The van der Waals surface area contributed by atoms with Crippen LogP contribution in [0.25, 0.3) is 0 Å². The number of nitrogens with one attached hydrogen (secondary N) is 1. The van der Waals surface area contributed by atoms with Gasteiger partial charge in [-0.25, -0.2) is 9.37 Å². The van der Waals surface area contributed by atoms with E-state index in [1.807, 2.05) is 0 Å². The quantitative estimate of drug-likeness (QED) is 0.932. The number of rotatable bonds is 4. The third-order valence-corrected chi connectivity index (χ3v) is 3.33. The summed E-state index contributed by atoms with van der Waals surface area (Å²) in [6.07, 6.45) is 1.60. The van der Waals surface area contributed by atoms with Crippen molar-refractivity contribution in [2.45, 2.75) is 6.54 Å². The van der Waals surface area contributed by atoms with Crippen LogP contribution in [0, 0.1) is 5.82 Å². The van der Waals surface area contributed by atoms with Crippen LogP contribution in [0.4, 0.5) is 4.39 Å². The lowest BCUT2D eigenvalue weighted by Crippen LogP contribution is -2.23. The first-order valence-electron chi connectivity index (χ1n) is 5.82. The van der Waals surface area contributed by atoms with E-state index >= 15 is 0 Å². The van der Waals surface area contributed by atoms with Crippen LogP contribution in [0.1, 0.15) is 15.9 Å². The smallest absolute Gasteiger partial charge is 0.252 e. The van der Waals surface area contributed by atoms with E-state index in [4.69, 9.17) is 4.74 Å². The van der Waals surface area contributed by atoms with Crippen molar-refractivity contribution < 1.29 is 13.9 Å². The normalized spacial score (nSPS) is 10.2. The van der Waals surface area contributed by atoms with Crippen LogP contribution in [-0.2, 0) is 6.54 Å². The molecule has 0 fully saturated rings. The molecule has 0 bridgehead atoms. The maximum atomic E-state index is 13.1.